The number of hydrogen-bond donors (Lipinski definition) is 5. The van der Waals surface area contributed by atoms with E-state index in [-0.39, 0.29) is 35.7 Å². The number of rotatable bonds is 15. The standard InChI is InChI=1S/C34H39N5O7S/c1-39(47(3,44)45)28-16-26(33(42)37-20-25-12-29(40)21-35-19-25)15-27(17-28)34(43)38-31(14-23-8-5-4-6-9-23)32(41)22-36-18-24-10-7-11-30(13-24)46-2/h4-13,15-17,19,21,31-32,36,40-41H,14,18,20,22H2,1-3H3,(H,37,42)(H,38,43)/t31-,32+/m0/s1. The third kappa shape index (κ3) is 10.3. The van der Waals surface area contributed by atoms with Crippen LogP contribution < -0.4 is 25.0 Å². The molecule has 0 unspecified atom stereocenters. The van der Waals surface area contributed by atoms with E-state index in [2.05, 4.69) is 20.9 Å². The first kappa shape index (κ1) is 34.9. The Morgan fingerprint density at radius 3 is 2.28 bits per heavy atom. The van der Waals surface area contributed by atoms with Gasteiger partial charge in [0.05, 0.1) is 37.4 Å². The van der Waals surface area contributed by atoms with Crippen molar-refractivity contribution in [3.05, 3.63) is 119 Å². The first-order valence-electron chi connectivity index (χ1n) is 14.8. The van der Waals surface area contributed by atoms with Crippen molar-refractivity contribution in [1.82, 2.24) is 20.9 Å². The Morgan fingerprint density at radius 1 is 0.894 bits per heavy atom. The number of aromatic hydroxyl groups is 1. The Balaban J connectivity index is 1.56. The van der Waals surface area contributed by atoms with Crippen LogP contribution in [0.1, 0.15) is 37.4 Å². The van der Waals surface area contributed by atoms with Crippen LogP contribution in [0.2, 0.25) is 0 Å². The Labute approximate surface area is 274 Å². The highest BCUT2D eigenvalue weighted by Gasteiger charge is 2.24. The van der Waals surface area contributed by atoms with Crippen LogP contribution in [0.15, 0.2) is 91.3 Å². The van der Waals surface area contributed by atoms with E-state index in [0.29, 0.717) is 24.3 Å². The Hall–Kier alpha value is -4.98. The molecule has 1 aromatic heterocycles. The first-order chi connectivity index (χ1) is 22.4. The molecule has 0 fully saturated rings. The number of amides is 2. The molecular formula is C34H39N5O7S. The number of carbonyl (C=O) groups is 2. The fraction of sp³-hybridized carbons (Fsp3) is 0.265. The molecule has 4 aromatic rings. The summed E-state index contributed by atoms with van der Waals surface area (Å²) in [7, 11) is -0.827. The SMILES string of the molecule is COc1cccc(CNC[C@@H](O)[C@H](Cc2ccccc2)NC(=O)c2cc(C(=O)NCc3cncc(O)c3)cc(N(C)S(C)(=O)=O)c2)c1. The molecular weight excluding hydrogens is 622 g/mol. The van der Waals surface area contributed by atoms with E-state index in [9.17, 15) is 28.2 Å². The van der Waals surface area contributed by atoms with Gasteiger partial charge in [0, 0.05) is 44.0 Å². The largest absolute Gasteiger partial charge is 0.506 e. The number of anilines is 1. The normalized spacial score (nSPS) is 12.5. The molecule has 0 bridgehead atoms. The summed E-state index contributed by atoms with van der Waals surface area (Å²) in [5.41, 5.74) is 2.55. The molecule has 0 aliphatic rings. The molecule has 5 N–H and O–H groups in total. The summed E-state index contributed by atoms with van der Waals surface area (Å²) in [6.45, 7) is 0.642. The van der Waals surface area contributed by atoms with E-state index in [1.807, 2.05) is 54.6 Å². The molecule has 0 saturated carbocycles. The lowest BCUT2D eigenvalue weighted by atomic mass is 10.00. The third-order valence-electron chi connectivity index (χ3n) is 7.43. The van der Waals surface area contributed by atoms with Gasteiger partial charge in [-0.25, -0.2) is 8.42 Å². The van der Waals surface area contributed by atoms with Crippen LogP contribution in [-0.4, -0.2) is 74.5 Å². The van der Waals surface area contributed by atoms with Gasteiger partial charge in [-0.05, 0) is 59.5 Å². The maximum absolute atomic E-state index is 13.7. The highest BCUT2D eigenvalue weighted by Crippen LogP contribution is 2.22. The monoisotopic (exact) mass is 661 g/mol. The molecule has 0 aliphatic carbocycles. The topological polar surface area (TPSA) is 170 Å². The maximum atomic E-state index is 13.7. The van der Waals surface area contributed by atoms with Crippen LogP contribution >= 0.6 is 0 Å². The quantitative estimate of drug-likeness (QED) is 0.129. The average Bonchev–Trinajstić information content (AvgIpc) is 3.06. The molecule has 12 nitrogen and oxygen atoms in total. The summed E-state index contributed by atoms with van der Waals surface area (Å²) in [6, 6.07) is 21.7. The van der Waals surface area contributed by atoms with E-state index in [4.69, 9.17) is 4.74 Å². The predicted octanol–water partition coefficient (Wildman–Crippen LogP) is 2.61. The summed E-state index contributed by atoms with van der Waals surface area (Å²) >= 11 is 0. The second-order valence-electron chi connectivity index (χ2n) is 11.1. The number of nitrogens with one attached hydrogen (secondary N) is 3. The first-order valence-corrected chi connectivity index (χ1v) is 16.6. The minimum atomic E-state index is -3.74. The number of benzene rings is 3. The number of pyridine rings is 1. The lowest BCUT2D eigenvalue weighted by Gasteiger charge is -2.25. The molecule has 47 heavy (non-hydrogen) atoms. The molecule has 2 atom stereocenters. The minimum absolute atomic E-state index is 0.0248. The Bertz CT molecular complexity index is 1790. The van der Waals surface area contributed by atoms with E-state index in [0.717, 1.165) is 21.7 Å². The lowest BCUT2D eigenvalue weighted by molar-refractivity contribution is 0.0830. The number of hydrogen-bond acceptors (Lipinski definition) is 9. The van der Waals surface area contributed by atoms with Crippen molar-refractivity contribution in [1.29, 1.82) is 0 Å². The molecule has 13 heteroatoms. The maximum Gasteiger partial charge on any atom is 0.251 e. The molecule has 3 aromatic carbocycles. The number of sulfonamides is 1. The zero-order valence-corrected chi connectivity index (χ0v) is 27.2. The van der Waals surface area contributed by atoms with Crippen molar-refractivity contribution in [2.45, 2.75) is 31.7 Å². The smallest absolute Gasteiger partial charge is 0.251 e. The van der Waals surface area contributed by atoms with E-state index < -0.39 is 34.0 Å². The summed E-state index contributed by atoms with van der Waals surface area (Å²) in [4.78, 5) is 30.8. The molecule has 1 heterocycles. The number of aromatic nitrogens is 1. The minimum Gasteiger partial charge on any atom is -0.506 e. The highest BCUT2D eigenvalue weighted by atomic mass is 32.2. The highest BCUT2D eigenvalue weighted by molar-refractivity contribution is 7.92. The average molecular weight is 662 g/mol. The van der Waals surface area contributed by atoms with Gasteiger partial charge in [0.25, 0.3) is 11.8 Å². The van der Waals surface area contributed by atoms with E-state index >= 15 is 0 Å². The van der Waals surface area contributed by atoms with Gasteiger partial charge >= 0.3 is 0 Å². The van der Waals surface area contributed by atoms with Crippen molar-refractivity contribution in [3.8, 4) is 11.5 Å². The van der Waals surface area contributed by atoms with Gasteiger partial charge in [0.2, 0.25) is 10.0 Å². The Morgan fingerprint density at radius 2 is 1.60 bits per heavy atom. The number of aliphatic hydroxyl groups is 1. The van der Waals surface area contributed by atoms with Crippen LogP contribution in [0.4, 0.5) is 5.69 Å². The van der Waals surface area contributed by atoms with Crippen LogP contribution in [0, 0.1) is 0 Å². The van der Waals surface area contributed by atoms with Gasteiger partial charge in [-0.1, -0.05) is 42.5 Å². The van der Waals surface area contributed by atoms with Crippen molar-refractivity contribution in [2.75, 3.05) is 31.3 Å². The van der Waals surface area contributed by atoms with Gasteiger partial charge in [0.15, 0.2) is 0 Å². The summed E-state index contributed by atoms with van der Waals surface area (Å²) in [5.74, 6) is -0.524. The number of aliphatic hydroxyl groups excluding tert-OH is 1. The van der Waals surface area contributed by atoms with Gasteiger partial charge < -0.3 is 30.9 Å². The summed E-state index contributed by atoms with van der Waals surface area (Å²) in [5, 5.41) is 29.8. The van der Waals surface area contributed by atoms with E-state index in [1.54, 1.807) is 7.11 Å². The molecule has 0 saturated heterocycles. The molecule has 0 radical (unpaired) electrons. The van der Waals surface area contributed by atoms with Crippen LogP contribution in [0.25, 0.3) is 0 Å². The molecule has 0 aliphatic heterocycles. The van der Waals surface area contributed by atoms with E-state index in [1.165, 1.54) is 43.7 Å². The van der Waals surface area contributed by atoms with Crippen LogP contribution in [-0.2, 0) is 29.5 Å². The molecule has 4 rings (SSSR count). The third-order valence-corrected chi connectivity index (χ3v) is 8.64. The van der Waals surface area contributed by atoms with Gasteiger partial charge in [-0.3, -0.25) is 18.9 Å². The second kappa shape index (κ2) is 16.0. The molecule has 248 valence electrons. The fourth-order valence-electron chi connectivity index (χ4n) is 4.79. The summed E-state index contributed by atoms with van der Waals surface area (Å²) < 4.78 is 31.0. The number of nitrogens with zero attached hydrogens (tertiary/aromatic N) is 2. The lowest BCUT2D eigenvalue weighted by Crippen LogP contribution is -2.48. The molecule has 2 amide bonds. The zero-order valence-electron chi connectivity index (χ0n) is 26.4. The summed E-state index contributed by atoms with van der Waals surface area (Å²) in [6.07, 6.45) is 3.06. The van der Waals surface area contributed by atoms with Gasteiger partial charge in [-0.2, -0.15) is 0 Å². The van der Waals surface area contributed by atoms with Crippen molar-refractivity contribution < 1.29 is 33.0 Å². The number of carbonyl (C=O) groups excluding carboxylic acids is 2. The fourth-order valence-corrected chi connectivity index (χ4v) is 5.28. The molecule has 0 spiro atoms. The van der Waals surface area contributed by atoms with Crippen molar-refractivity contribution >= 4 is 27.5 Å². The zero-order chi connectivity index (χ0) is 34.0. The Kier molecular flexibility index (Phi) is 11.9. The van der Waals surface area contributed by atoms with Crippen LogP contribution in [0.5, 0.6) is 11.5 Å². The van der Waals surface area contributed by atoms with Crippen LogP contribution in [0.3, 0.4) is 0 Å². The number of ether oxygens (including phenoxy) is 1. The van der Waals surface area contributed by atoms with Crippen molar-refractivity contribution in [2.24, 2.45) is 0 Å². The van der Waals surface area contributed by atoms with Gasteiger partial charge in [0.1, 0.15) is 11.5 Å². The van der Waals surface area contributed by atoms with Gasteiger partial charge in [-0.15, -0.1) is 0 Å². The number of methoxy groups -OCH3 is 1. The second-order valence-corrected chi connectivity index (χ2v) is 13.1. The predicted molar refractivity (Wildman–Crippen MR) is 179 cm³/mol. The van der Waals surface area contributed by atoms with Crippen molar-refractivity contribution in [3.63, 3.8) is 0 Å².